The molecule has 0 saturated heterocycles. The van der Waals surface area contributed by atoms with Crippen LogP contribution in [0.3, 0.4) is 0 Å². The molecule has 6 nitrogen and oxygen atoms in total. The molecular formula is C21H21ClN4O2. The average molecular weight is 397 g/mol. The van der Waals surface area contributed by atoms with Crippen LogP contribution in [0.25, 0.3) is 0 Å². The molecular weight excluding hydrogens is 376 g/mol. The van der Waals surface area contributed by atoms with Crippen molar-refractivity contribution in [2.24, 2.45) is 0 Å². The van der Waals surface area contributed by atoms with Gasteiger partial charge in [-0.05, 0) is 56.2 Å². The van der Waals surface area contributed by atoms with E-state index >= 15 is 0 Å². The van der Waals surface area contributed by atoms with Crippen LogP contribution in [-0.2, 0) is 4.74 Å². The minimum Gasteiger partial charge on any atom is -0.465 e. The largest absolute Gasteiger partial charge is 0.465 e. The van der Waals surface area contributed by atoms with Gasteiger partial charge in [-0.3, -0.25) is 0 Å². The van der Waals surface area contributed by atoms with Gasteiger partial charge in [0.2, 0.25) is 5.95 Å². The van der Waals surface area contributed by atoms with Crippen LogP contribution in [-0.4, -0.2) is 23.0 Å². The maximum atomic E-state index is 11.8. The predicted molar refractivity (Wildman–Crippen MR) is 112 cm³/mol. The third-order valence-electron chi connectivity index (χ3n) is 4.36. The number of carbonyl (C=O) groups is 1. The lowest BCUT2D eigenvalue weighted by molar-refractivity contribution is 0.0601. The van der Waals surface area contributed by atoms with Crippen molar-refractivity contribution >= 4 is 40.7 Å². The molecule has 2 aromatic carbocycles. The van der Waals surface area contributed by atoms with Crippen molar-refractivity contribution in [3.8, 4) is 0 Å². The lowest BCUT2D eigenvalue weighted by Crippen LogP contribution is -2.05. The standard InChI is InChI=1S/C21H21ClN4O2/c1-12-6-5-7-17(14(12)3)25-21-23-13(2)10-19(26-21)24-18-11-15(20(27)28-4)8-9-16(18)22/h5-11H,1-4H3,(H2,23,24,25,26). The Balaban J connectivity index is 1.90. The Labute approximate surface area is 168 Å². The SMILES string of the molecule is COC(=O)c1ccc(Cl)c(Nc2cc(C)nc(Nc3cccc(C)c3C)n2)c1. The first-order chi connectivity index (χ1) is 13.4. The van der Waals surface area contributed by atoms with Crippen molar-refractivity contribution in [2.75, 3.05) is 17.7 Å². The average Bonchev–Trinajstić information content (AvgIpc) is 2.66. The summed E-state index contributed by atoms with van der Waals surface area (Å²) >= 11 is 6.27. The molecule has 0 aliphatic rings. The number of esters is 1. The Morgan fingerprint density at radius 2 is 1.79 bits per heavy atom. The van der Waals surface area contributed by atoms with Crippen LogP contribution in [0.5, 0.6) is 0 Å². The number of carbonyl (C=O) groups excluding carboxylic acids is 1. The van der Waals surface area contributed by atoms with Crippen LogP contribution in [0.4, 0.5) is 23.1 Å². The maximum absolute atomic E-state index is 11.8. The first-order valence-corrected chi connectivity index (χ1v) is 9.09. The summed E-state index contributed by atoms with van der Waals surface area (Å²) in [6.45, 7) is 5.99. The molecule has 0 saturated carbocycles. The van der Waals surface area contributed by atoms with Gasteiger partial charge in [0.05, 0.1) is 23.4 Å². The van der Waals surface area contributed by atoms with E-state index in [1.165, 1.54) is 12.7 Å². The number of methoxy groups -OCH3 is 1. The molecule has 0 atom stereocenters. The van der Waals surface area contributed by atoms with E-state index in [2.05, 4.69) is 33.6 Å². The van der Waals surface area contributed by atoms with Gasteiger partial charge in [0.25, 0.3) is 0 Å². The summed E-state index contributed by atoms with van der Waals surface area (Å²) in [5.41, 5.74) is 5.00. The Bertz CT molecular complexity index is 1040. The van der Waals surface area contributed by atoms with E-state index in [-0.39, 0.29) is 0 Å². The van der Waals surface area contributed by atoms with Crippen LogP contribution < -0.4 is 10.6 Å². The number of hydrogen-bond donors (Lipinski definition) is 2. The molecule has 1 aromatic heterocycles. The van der Waals surface area contributed by atoms with E-state index in [1.807, 2.05) is 26.0 Å². The number of hydrogen-bond acceptors (Lipinski definition) is 6. The number of aryl methyl sites for hydroxylation is 2. The second-order valence-electron chi connectivity index (χ2n) is 6.40. The number of aromatic nitrogens is 2. The molecule has 0 aliphatic carbocycles. The van der Waals surface area contributed by atoms with Crippen molar-refractivity contribution < 1.29 is 9.53 Å². The van der Waals surface area contributed by atoms with E-state index in [9.17, 15) is 4.79 Å². The number of ether oxygens (including phenoxy) is 1. The summed E-state index contributed by atoms with van der Waals surface area (Å²) in [6.07, 6.45) is 0. The molecule has 0 spiro atoms. The predicted octanol–water partition coefficient (Wildman–Crippen LogP) is 5.33. The van der Waals surface area contributed by atoms with Gasteiger partial charge in [-0.1, -0.05) is 23.7 Å². The third kappa shape index (κ3) is 4.40. The molecule has 3 rings (SSSR count). The van der Waals surface area contributed by atoms with Crippen LogP contribution >= 0.6 is 11.6 Å². The van der Waals surface area contributed by atoms with E-state index in [0.29, 0.717) is 28.0 Å². The number of nitrogens with one attached hydrogen (secondary N) is 2. The summed E-state index contributed by atoms with van der Waals surface area (Å²) in [5, 5.41) is 6.88. The molecule has 0 unspecified atom stereocenters. The van der Waals surface area contributed by atoms with Crippen molar-refractivity contribution in [1.82, 2.24) is 9.97 Å². The molecule has 0 fully saturated rings. The van der Waals surface area contributed by atoms with E-state index < -0.39 is 5.97 Å². The molecule has 0 aliphatic heterocycles. The molecule has 3 aromatic rings. The van der Waals surface area contributed by atoms with Crippen molar-refractivity contribution in [3.05, 3.63) is 69.9 Å². The minimum atomic E-state index is -0.434. The first-order valence-electron chi connectivity index (χ1n) is 8.71. The zero-order chi connectivity index (χ0) is 20.3. The molecule has 144 valence electrons. The highest BCUT2D eigenvalue weighted by molar-refractivity contribution is 6.33. The Morgan fingerprint density at radius 1 is 1.00 bits per heavy atom. The normalized spacial score (nSPS) is 10.5. The molecule has 7 heteroatoms. The molecule has 0 radical (unpaired) electrons. The lowest BCUT2D eigenvalue weighted by atomic mass is 10.1. The van der Waals surface area contributed by atoms with Crippen LogP contribution in [0.2, 0.25) is 5.02 Å². The first kappa shape index (κ1) is 19.6. The van der Waals surface area contributed by atoms with E-state index in [0.717, 1.165) is 16.9 Å². The summed E-state index contributed by atoms with van der Waals surface area (Å²) in [4.78, 5) is 20.7. The maximum Gasteiger partial charge on any atom is 0.337 e. The van der Waals surface area contributed by atoms with Gasteiger partial charge in [-0.25, -0.2) is 9.78 Å². The lowest BCUT2D eigenvalue weighted by Gasteiger charge is -2.13. The van der Waals surface area contributed by atoms with Crippen LogP contribution in [0, 0.1) is 20.8 Å². The van der Waals surface area contributed by atoms with Gasteiger partial charge < -0.3 is 15.4 Å². The molecule has 28 heavy (non-hydrogen) atoms. The van der Waals surface area contributed by atoms with Gasteiger partial charge in [-0.15, -0.1) is 0 Å². The fraction of sp³-hybridized carbons (Fsp3) is 0.190. The van der Waals surface area contributed by atoms with Gasteiger partial charge >= 0.3 is 5.97 Å². The topological polar surface area (TPSA) is 76.1 Å². The zero-order valence-corrected chi connectivity index (χ0v) is 16.9. The van der Waals surface area contributed by atoms with Crippen LogP contribution in [0.15, 0.2) is 42.5 Å². The Hall–Kier alpha value is -3.12. The molecule has 1 heterocycles. The Kier molecular flexibility index (Phi) is 5.80. The Morgan fingerprint density at radius 3 is 2.54 bits per heavy atom. The minimum absolute atomic E-state index is 0.397. The fourth-order valence-electron chi connectivity index (χ4n) is 2.70. The number of benzene rings is 2. The van der Waals surface area contributed by atoms with E-state index in [1.54, 1.807) is 24.3 Å². The van der Waals surface area contributed by atoms with Gasteiger partial charge in [0.15, 0.2) is 0 Å². The number of halogens is 1. The monoisotopic (exact) mass is 396 g/mol. The second-order valence-corrected chi connectivity index (χ2v) is 6.81. The number of rotatable bonds is 5. The zero-order valence-electron chi connectivity index (χ0n) is 16.1. The van der Waals surface area contributed by atoms with Crippen LogP contribution in [0.1, 0.15) is 27.2 Å². The number of anilines is 4. The molecule has 0 amide bonds. The number of nitrogens with zero attached hydrogens (tertiary/aromatic N) is 2. The fourth-order valence-corrected chi connectivity index (χ4v) is 2.86. The third-order valence-corrected chi connectivity index (χ3v) is 4.69. The second kappa shape index (κ2) is 8.27. The van der Waals surface area contributed by atoms with Gasteiger partial charge in [0.1, 0.15) is 5.82 Å². The van der Waals surface area contributed by atoms with Crippen molar-refractivity contribution in [1.29, 1.82) is 0 Å². The highest BCUT2D eigenvalue weighted by atomic mass is 35.5. The molecule has 0 bridgehead atoms. The summed E-state index contributed by atoms with van der Waals surface area (Å²) < 4.78 is 4.76. The van der Waals surface area contributed by atoms with E-state index in [4.69, 9.17) is 16.3 Å². The highest BCUT2D eigenvalue weighted by Crippen LogP contribution is 2.28. The van der Waals surface area contributed by atoms with Gasteiger partial charge in [0, 0.05) is 17.4 Å². The smallest absolute Gasteiger partial charge is 0.337 e. The van der Waals surface area contributed by atoms with Crippen molar-refractivity contribution in [3.63, 3.8) is 0 Å². The quantitative estimate of drug-likeness (QED) is 0.568. The highest BCUT2D eigenvalue weighted by Gasteiger charge is 2.11. The summed E-state index contributed by atoms with van der Waals surface area (Å²) in [6, 6.07) is 12.7. The summed E-state index contributed by atoms with van der Waals surface area (Å²) in [7, 11) is 1.34. The van der Waals surface area contributed by atoms with Gasteiger partial charge in [-0.2, -0.15) is 4.98 Å². The molecule has 2 N–H and O–H groups in total. The van der Waals surface area contributed by atoms with Crippen molar-refractivity contribution in [2.45, 2.75) is 20.8 Å². The summed E-state index contributed by atoms with van der Waals surface area (Å²) in [5.74, 6) is 0.594.